The molecule has 0 saturated carbocycles. The van der Waals surface area contributed by atoms with Gasteiger partial charge in [-0.05, 0) is 80.6 Å². The fourth-order valence-electron chi connectivity index (χ4n) is 3.42. The van der Waals surface area contributed by atoms with Crippen LogP contribution in [0.15, 0.2) is 40.9 Å². The Labute approximate surface area is 152 Å². The molecule has 1 aliphatic carbocycles. The second-order valence-corrected chi connectivity index (χ2v) is 8.87. The lowest BCUT2D eigenvalue weighted by atomic mass is 9.63. The average Bonchev–Trinajstić information content (AvgIpc) is 2.52. The van der Waals surface area contributed by atoms with Crippen LogP contribution in [-0.4, -0.2) is 0 Å². The van der Waals surface area contributed by atoms with E-state index in [1.54, 1.807) is 12.1 Å². The second-order valence-electron chi connectivity index (χ2n) is 8.01. The summed E-state index contributed by atoms with van der Waals surface area (Å²) in [6.45, 7) is 9.66. The summed E-state index contributed by atoms with van der Waals surface area (Å²) in [5.41, 5.74) is 4.07. The van der Waals surface area contributed by atoms with Crippen molar-refractivity contribution in [2.45, 2.75) is 58.0 Å². The van der Waals surface area contributed by atoms with Crippen LogP contribution in [0.1, 0.15) is 57.2 Å². The highest BCUT2D eigenvalue weighted by Crippen LogP contribution is 2.48. The third-order valence-corrected chi connectivity index (χ3v) is 5.83. The molecule has 3 rings (SSSR count). The van der Waals surface area contributed by atoms with Crippen LogP contribution in [0.4, 0.5) is 4.39 Å². The largest absolute Gasteiger partial charge is 0.488 e. The van der Waals surface area contributed by atoms with E-state index in [0.29, 0.717) is 6.61 Å². The summed E-state index contributed by atoms with van der Waals surface area (Å²) in [6.07, 6.45) is 2.36. The van der Waals surface area contributed by atoms with Gasteiger partial charge in [-0.2, -0.15) is 0 Å². The third-order valence-electron chi connectivity index (χ3n) is 5.21. The zero-order valence-corrected chi connectivity index (χ0v) is 16.3. The van der Waals surface area contributed by atoms with Gasteiger partial charge in [-0.1, -0.05) is 39.8 Å². The molecule has 2 aromatic carbocycles. The van der Waals surface area contributed by atoms with Crippen molar-refractivity contribution in [3.8, 4) is 5.75 Å². The molecule has 0 heterocycles. The first kappa shape index (κ1) is 17.5. The summed E-state index contributed by atoms with van der Waals surface area (Å²) < 4.78 is 20.0. The van der Waals surface area contributed by atoms with E-state index >= 15 is 0 Å². The van der Waals surface area contributed by atoms with E-state index in [1.807, 2.05) is 0 Å². The van der Waals surface area contributed by atoms with Crippen molar-refractivity contribution in [3.63, 3.8) is 0 Å². The van der Waals surface area contributed by atoms with Crippen LogP contribution in [0.2, 0.25) is 0 Å². The van der Waals surface area contributed by atoms with Gasteiger partial charge in [-0.15, -0.1) is 0 Å². The quantitative estimate of drug-likeness (QED) is 0.579. The SMILES string of the molecule is CC1(C)CCC(C)(C)c2cc(OCc3ccc(F)cc3)c(Br)cc21. The highest BCUT2D eigenvalue weighted by molar-refractivity contribution is 9.10. The van der Waals surface area contributed by atoms with Crippen molar-refractivity contribution in [2.75, 3.05) is 0 Å². The normalized spacial score (nSPS) is 18.1. The Kier molecular flexibility index (Phi) is 4.50. The molecule has 0 atom stereocenters. The topological polar surface area (TPSA) is 9.23 Å². The van der Waals surface area contributed by atoms with Crippen LogP contribution in [0.5, 0.6) is 5.75 Å². The Bertz CT molecular complexity index is 747. The van der Waals surface area contributed by atoms with Crippen LogP contribution in [0.25, 0.3) is 0 Å². The predicted molar refractivity (Wildman–Crippen MR) is 100 cm³/mol. The Hall–Kier alpha value is -1.35. The Balaban J connectivity index is 1.91. The van der Waals surface area contributed by atoms with Crippen molar-refractivity contribution in [1.82, 2.24) is 0 Å². The summed E-state index contributed by atoms with van der Waals surface area (Å²) >= 11 is 3.66. The summed E-state index contributed by atoms with van der Waals surface area (Å²) in [7, 11) is 0. The van der Waals surface area contributed by atoms with Crippen molar-refractivity contribution < 1.29 is 9.13 Å². The molecule has 0 unspecified atom stereocenters. The highest BCUT2D eigenvalue weighted by atomic mass is 79.9. The minimum Gasteiger partial charge on any atom is -0.488 e. The van der Waals surface area contributed by atoms with Crippen LogP contribution in [-0.2, 0) is 17.4 Å². The van der Waals surface area contributed by atoms with Crippen LogP contribution < -0.4 is 4.74 Å². The molecular weight excluding hydrogens is 367 g/mol. The molecule has 3 heteroatoms. The Morgan fingerprint density at radius 2 is 1.50 bits per heavy atom. The van der Waals surface area contributed by atoms with Gasteiger partial charge in [-0.25, -0.2) is 4.39 Å². The van der Waals surface area contributed by atoms with E-state index in [4.69, 9.17) is 4.74 Å². The molecular formula is C21H24BrFO. The zero-order valence-electron chi connectivity index (χ0n) is 14.7. The Morgan fingerprint density at radius 3 is 2.08 bits per heavy atom. The first-order valence-corrected chi connectivity index (χ1v) is 9.20. The van der Waals surface area contributed by atoms with Gasteiger partial charge in [-0.3, -0.25) is 0 Å². The van der Waals surface area contributed by atoms with E-state index in [0.717, 1.165) is 15.8 Å². The molecule has 0 N–H and O–H groups in total. The molecule has 0 saturated heterocycles. The van der Waals surface area contributed by atoms with Crippen LogP contribution in [0, 0.1) is 5.82 Å². The average molecular weight is 391 g/mol. The standard InChI is InChI=1S/C21H24BrFO/c1-20(2)9-10-21(3,4)17-12-19(18(22)11-16(17)20)24-13-14-5-7-15(23)8-6-14/h5-8,11-12H,9-10,13H2,1-4H3. The first-order valence-electron chi connectivity index (χ1n) is 8.41. The maximum atomic E-state index is 13.0. The van der Waals surface area contributed by atoms with Gasteiger partial charge in [0.1, 0.15) is 18.2 Å². The fraction of sp³-hybridized carbons (Fsp3) is 0.429. The molecule has 1 nitrogen and oxygen atoms in total. The molecule has 0 amide bonds. The van der Waals surface area contributed by atoms with Gasteiger partial charge in [0.05, 0.1) is 4.47 Å². The lowest BCUT2D eigenvalue weighted by molar-refractivity contribution is 0.296. The van der Waals surface area contributed by atoms with Crippen molar-refractivity contribution in [2.24, 2.45) is 0 Å². The number of hydrogen-bond donors (Lipinski definition) is 0. The first-order chi connectivity index (χ1) is 11.2. The number of halogens is 2. The molecule has 2 aromatic rings. The summed E-state index contributed by atoms with van der Waals surface area (Å²) in [6, 6.07) is 10.8. The summed E-state index contributed by atoms with van der Waals surface area (Å²) in [5, 5.41) is 0. The van der Waals surface area contributed by atoms with Gasteiger partial charge >= 0.3 is 0 Å². The zero-order chi connectivity index (χ0) is 17.5. The summed E-state index contributed by atoms with van der Waals surface area (Å²) in [4.78, 5) is 0. The lowest BCUT2D eigenvalue weighted by Crippen LogP contribution is -2.33. The van der Waals surface area contributed by atoms with Gasteiger partial charge < -0.3 is 4.74 Å². The number of fused-ring (bicyclic) bond motifs is 1. The molecule has 0 spiro atoms. The molecule has 0 fully saturated rings. The fourth-order valence-corrected chi connectivity index (χ4v) is 3.88. The maximum Gasteiger partial charge on any atom is 0.134 e. The minimum atomic E-state index is -0.224. The van der Waals surface area contributed by atoms with Crippen molar-refractivity contribution in [1.29, 1.82) is 0 Å². The molecule has 1 aliphatic rings. The predicted octanol–water partition coefficient (Wildman–Crippen LogP) is 6.52. The van der Waals surface area contributed by atoms with E-state index in [-0.39, 0.29) is 16.6 Å². The van der Waals surface area contributed by atoms with Gasteiger partial charge in [0, 0.05) is 0 Å². The van der Waals surface area contributed by atoms with Gasteiger partial charge in [0.25, 0.3) is 0 Å². The number of hydrogen-bond acceptors (Lipinski definition) is 1. The molecule has 0 bridgehead atoms. The van der Waals surface area contributed by atoms with Crippen molar-refractivity contribution in [3.05, 3.63) is 63.4 Å². The van der Waals surface area contributed by atoms with Crippen LogP contribution in [0.3, 0.4) is 0 Å². The number of ether oxygens (including phenoxy) is 1. The Morgan fingerprint density at radius 1 is 0.958 bits per heavy atom. The minimum absolute atomic E-state index is 0.152. The maximum absolute atomic E-state index is 13.0. The molecule has 0 aliphatic heterocycles. The van der Waals surface area contributed by atoms with E-state index in [2.05, 4.69) is 55.8 Å². The number of rotatable bonds is 3. The third kappa shape index (κ3) is 3.37. The lowest BCUT2D eigenvalue weighted by Gasteiger charge is -2.42. The molecule has 128 valence electrons. The van der Waals surface area contributed by atoms with E-state index in [9.17, 15) is 4.39 Å². The summed E-state index contributed by atoms with van der Waals surface area (Å²) in [5.74, 6) is 0.626. The van der Waals surface area contributed by atoms with E-state index < -0.39 is 0 Å². The van der Waals surface area contributed by atoms with Crippen LogP contribution >= 0.6 is 15.9 Å². The van der Waals surface area contributed by atoms with Gasteiger partial charge in [0.15, 0.2) is 0 Å². The monoisotopic (exact) mass is 390 g/mol. The van der Waals surface area contributed by atoms with E-state index in [1.165, 1.54) is 36.1 Å². The van der Waals surface area contributed by atoms with Crippen molar-refractivity contribution >= 4 is 15.9 Å². The molecule has 0 radical (unpaired) electrons. The second kappa shape index (κ2) is 6.18. The molecule has 24 heavy (non-hydrogen) atoms. The number of benzene rings is 2. The van der Waals surface area contributed by atoms with Gasteiger partial charge in [0.2, 0.25) is 0 Å². The molecule has 0 aromatic heterocycles. The smallest absolute Gasteiger partial charge is 0.134 e. The highest BCUT2D eigenvalue weighted by Gasteiger charge is 2.37.